The minimum Gasteiger partial charge on any atom is -0.494 e. The van der Waals surface area contributed by atoms with Crippen LogP contribution < -0.4 is 10.1 Å². The Hall–Kier alpha value is -2.45. The summed E-state index contributed by atoms with van der Waals surface area (Å²) in [5.74, 6) is -0.860. The first kappa shape index (κ1) is 22.8. The summed E-state index contributed by atoms with van der Waals surface area (Å²) in [5.41, 5.74) is 0.121. The summed E-state index contributed by atoms with van der Waals surface area (Å²) in [4.78, 5) is 12.4. The van der Waals surface area contributed by atoms with Crippen molar-refractivity contribution in [3.8, 4) is 5.75 Å². The number of ether oxygens (including phenoxy) is 1. The molecule has 0 radical (unpaired) electrons. The summed E-state index contributed by atoms with van der Waals surface area (Å²) < 4.78 is 46.7. The van der Waals surface area contributed by atoms with Crippen LogP contribution in [-0.2, 0) is 10.0 Å². The number of sulfonamides is 1. The quantitative estimate of drug-likeness (QED) is 0.620. The second-order valence-electron chi connectivity index (χ2n) is 6.40. The number of nitrogens with one attached hydrogen (secondary N) is 1. The van der Waals surface area contributed by atoms with E-state index in [2.05, 4.69) is 5.32 Å². The molecule has 0 aliphatic carbocycles. The fraction of sp³-hybridized carbons (Fsp3) is 0.381. The van der Waals surface area contributed by atoms with E-state index in [0.717, 1.165) is 25.0 Å². The van der Waals surface area contributed by atoms with Gasteiger partial charge in [0.05, 0.1) is 17.1 Å². The Labute approximate surface area is 171 Å². The number of hydrogen-bond donors (Lipinski definition) is 1. The largest absolute Gasteiger partial charge is 0.494 e. The predicted octanol–water partition coefficient (Wildman–Crippen LogP) is 4.29. The number of carbonyl (C=O) groups excluding carboxylic acids is 1. The van der Waals surface area contributed by atoms with Crippen LogP contribution in [0.2, 0.25) is 0 Å². The first-order valence-electron chi connectivity index (χ1n) is 9.67. The lowest BCUT2D eigenvalue weighted by molar-refractivity contribution is 0.102. The van der Waals surface area contributed by atoms with E-state index in [-0.39, 0.29) is 10.5 Å². The highest BCUT2D eigenvalue weighted by atomic mass is 32.2. The Kier molecular flexibility index (Phi) is 8.16. The van der Waals surface area contributed by atoms with Crippen LogP contribution in [0.5, 0.6) is 5.75 Å². The average Bonchev–Trinajstić information content (AvgIpc) is 2.70. The fourth-order valence-corrected chi connectivity index (χ4v) is 4.28. The summed E-state index contributed by atoms with van der Waals surface area (Å²) in [5, 5.41) is 2.58. The zero-order valence-electron chi connectivity index (χ0n) is 16.9. The molecule has 0 spiro atoms. The molecule has 0 aliphatic rings. The van der Waals surface area contributed by atoms with Crippen LogP contribution in [0.4, 0.5) is 10.1 Å². The topological polar surface area (TPSA) is 75.7 Å². The van der Waals surface area contributed by atoms with Crippen molar-refractivity contribution >= 4 is 21.6 Å². The van der Waals surface area contributed by atoms with Gasteiger partial charge in [0.1, 0.15) is 11.6 Å². The summed E-state index contributed by atoms with van der Waals surface area (Å²) in [6, 6.07) is 9.91. The van der Waals surface area contributed by atoms with Crippen molar-refractivity contribution in [1.29, 1.82) is 0 Å². The number of nitrogens with zero attached hydrogens (tertiary/aromatic N) is 1. The van der Waals surface area contributed by atoms with E-state index in [4.69, 9.17) is 4.74 Å². The van der Waals surface area contributed by atoms with E-state index in [1.807, 2.05) is 13.8 Å². The Bertz CT molecular complexity index is 930. The smallest absolute Gasteiger partial charge is 0.258 e. The van der Waals surface area contributed by atoms with E-state index in [0.29, 0.717) is 31.1 Å². The van der Waals surface area contributed by atoms with Crippen LogP contribution in [-0.4, -0.2) is 38.3 Å². The number of rotatable bonds is 10. The molecule has 0 saturated carbocycles. The molecule has 0 unspecified atom stereocenters. The minimum absolute atomic E-state index is 0.103. The van der Waals surface area contributed by atoms with Crippen molar-refractivity contribution in [3.63, 3.8) is 0 Å². The zero-order chi connectivity index (χ0) is 21.4. The summed E-state index contributed by atoms with van der Waals surface area (Å²) in [7, 11) is -3.81. The van der Waals surface area contributed by atoms with Crippen molar-refractivity contribution in [2.75, 3.05) is 25.0 Å². The molecule has 0 aliphatic heterocycles. The van der Waals surface area contributed by atoms with Gasteiger partial charge < -0.3 is 10.1 Å². The molecule has 2 rings (SSSR count). The lowest BCUT2D eigenvalue weighted by Crippen LogP contribution is -2.32. The predicted molar refractivity (Wildman–Crippen MR) is 111 cm³/mol. The van der Waals surface area contributed by atoms with Gasteiger partial charge in [0.15, 0.2) is 0 Å². The van der Waals surface area contributed by atoms with E-state index in [1.54, 1.807) is 31.2 Å². The first-order chi connectivity index (χ1) is 13.8. The third-order valence-corrected chi connectivity index (χ3v) is 6.33. The SMILES string of the molecule is CCCCN(CC)S(=O)(=O)c1ccc(F)c(C(=O)Nc2ccc(OCC)cc2)c1. The molecule has 0 atom stereocenters. The van der Waals surface area contributed by atoms with Crippen molar-refractivity contribution < 1.29 is 22.3 Å². The van der Waals surface area contributed by atoms with Crippen LogP contribution in [0.3, 0.4) is 0 Å². The summed E-state index contributed by atoms with van der Waals surface area (Å²) >= 11 is 0. The van der Waals surface area contributed by atoms with Crippen LogP contribution in [0.25, 0.3) is 0 Å². The third-order valence-electron chi connectivity index (χ3n) is 4.36. The van der Waals surface area contributed by atoms with Gasteiger partial charge in [0.2, 0.25) is 10.0 Å². The molecule has 8 heteroatoms. The Balaban J connectivity index is 2.26. The molecular formula is C21H27FN2O4S. The molecule has 2 aromatic carbocycles. The van der Waals surface area contributed by atoms with E-state index >= 15 is 0 Å². The maximum absolute atomic E-state index is 14.3. The van der Waals surface area contributed by atoms with Crippen molar-refractivity contribution in [1.82, 2.24) is 4.31 Å². The molecule has 0 saturated heterocycles. The molecule has 0 bridgehead atoms. The molecule has 2 aromatic rings. The van der Waals surface area contributed by atoms with Crippen molar-refractivity contribution in [3.05, 3.63) is 53.8 Å². The Morgan fingerprint density at radius 2 is 1.79 bits per heavy atom. The molecule has 0 heterocycles. The maximum atomic E-state index is 14.3. The number of unbranched alkanes of at least 4 members (excludes halogenated alkanes) is 1. The molecule has 1 N–H and O–H groups in total. The van der Waals surface area contributed by atoms with Crippen LogP contribution >= 0.6 is 0 Å². The lowest BCUT2D eigenvalue weighted by atomic mass is 10.2. The number of anilines is 1. The van der Waals surface area contributed by atoms with E-state index < -0.39 is 21.7 Å². The highest BCUT2D eigenvalue weighted by molar-refractivity contribution is 7.89. The minimum atomic E-state index is -3.81. The van der Waals surface area contributed by atoms with Gasteiger partial charge >= 0.3 is 0 Å². The Morgan fingerprint density at radius 3 is 2.38 bits per heavy atom. The molecule has 6 nitrogen and oxygen atoms in total. The zero-order valence-corrected chi connectivity index (χ0v) is 17.8. The molecule has 1 amide bonds. The standard InChI is InChI=1S/C21H27FN2O4S/c1-4-7-14-24(5-2)29(26,27)18-12-13-20(22)19(15-18)21(25)23-16-8-10-17(11-9-16)28-6-3/h8-13,15H,4-7,14H2,1-3H3,(H,23,25). The van der Waals surface area contributed by atoms with Gasteiger partial charge in [-0.3, -0.25) is 4.79 Å². The number of halogens is 1. The van der Waals surface area contributed by atoms with Crippen molar-refractivity contribution in [2.45, 2.75) is 38.5 Å². The molecule has 0 aromatic heterocycles. The van der Waals surface area contributed by atoms with Gasteiger partial charge in [0.25, 0.3) is 5.91 Å². The lowest BCUT2D eigenvalue weighted by Gasteiger charge is -2.20. The van der Waals surface area contributed by atoms with Crippen LogP contribution in [0, 0.1) is 5.82 Å². The van der Waals surface area contributed by atoms with Crippen molar-refractivity contribution in [2.24, 2.45) is 0 Å². The van der Waals surface area contributed by atoms with Crippen LogP contribution in [0.15, 0.2) is 47.4 Å². The van der Waals surface area contributed by atoms with E-state index in [1.165, 1.54) is 10.4 Å². The molecule has 0 fully saturated rings. The normalized spacial score (nSPS) is 11.5. The van der Waals surface area contributed by atoms with Gasteiger partial charge in [-0.1, -0.05) is 20.3 Å². The van der Waals surface area contributed by atoms with E-state index in [9.17, 15) is 17.6 Å². The fourth-order valence-electron chi connectivity index (χ4n) is 2.77. The number of hydrogen-bond acceptors (Lipinski definition) is 4. The van der Waals surface area contributed by atoms with Gasteiger partial charge in [-0.15, -0.1) is 0 Å². The molecular weight excluding hydrogens is 395 g/mol. The monoisotopic (exact) mass is 422 g/mol. The summed E-state index contributed by atoms with van der Waals surface area (Å²) in [6.07, 6.45) is 1.57. The van der Waals surface area contributed by atoms with Crippen LogP contribution in [0.1, 0.15) is 44.0 Å². The second-order valence-corrected chi connectivity index (χ2v) is 8.34. The van der Waals surface area contributed by atoms with Gasteiger partial charge in [-0.2, -0.15) is 4.31 Å². The van der Waals surface area contributed by atoms with Gasteiger partial charge in [-0.25, -0.2) is 12.8 Å². The van der Waals surface area contributed by atoms with Gasteiger partial charge in [-0.05, 0) is 55.8 Å². The molecule has 29 heavy (non-hydrogen) atoms. The Morgan fingerprint density at radius 1 is 1.10 bits per heavy atom. The average molecular weight is 423 g/mol. The highest BCUT2D eigenvalue weighted by Crippen LogP contribution is 2.22. The number of carbonyl (C=O) groups is 1. The van der Waals surface area contributed by atoms with Gasteiger partial charge in [0, 0.05) is 18.8 Å². The number of benzene rings is 2. The first-order valence-corrected chi connectivity index (χ1v) is 11.1. The maximum Gasteiger partial charge on any atom is 0.258 e. The highest BCUT2D eigenvalue weighted by Gasteiger charge is 2.25. The third kappa shape index (κ3) is 5.77. The summed E-state index contributed by atoms with van der Waals surface area (Å²) in [6.45, 7) is 6.78. The second kappa shape index (κ2) is 10.4. The number of amides is 1. The molecule has 158 valence electrons.